The van der Waals surface area contributed by atoms with Gasteiger partial charge in [-0.25, -0.2) is 4.98 Å². The second kappa shape index (κ2) is 5.78. The smallest absolute Gasteiger partial charge is 0.273 e. The van der Waals surface area contributed by atoms with E-state index in [1.807, 2.05) is 40.6 Å². The molecule has 4 nitrogen and oxygen atoms in total. The van der Waals surface area contributed by atoms with Crippen molar-refractivity contribution in [2.45, 2.75) is 33.2 Å². The maximum absolute atomic E-state index is 13.2. The molecular formula is C20H21N3O. The summed E-state index contributed by atoms with van der Waals surface area (Å²) >= 11 is 0. The molecule has 0 fully saturated rings. The first-order chi connectivity index (χ1) is 11.7. The van der Waals surface area contributed by atoms with Gasteiger partial charge in [-0.15, -0.1) is 0 Å². The highest BCUT2D eigenvalue weighted by Gasteiger charge is 2.26. The van der Waals surface area contributed by atoms with Crippen LogP contribution in [-0.2, 0) is 19.4 Å². The van der Waals surface area contributed by atoms with Gasteiger partial charge in [0.15, 0.2) is 0 Å². The fourth-order valence-electron chi connectivity index (χ4n) is 3.54. The molecule has 1 aromatic carbocycles. The van der Waals surface area contributed by atoms with E-state index >= 15 is 0 Å². The molecule has 1 aliphatic rings. The third-order valence-corrected chi connectivity index (χ3v) is 4.87. The summed E-state index contributed by atoms with van der Waals surface area (Å²) in [6.45, 7) is 5.53. The van der Waals surface area contributed by atoms with Crippen LogP contribution in [0.3, 0.4) is 0 Å². The van der Waals surface area contributed by atoms with E-state index in [0.29, 0.717) is 6.54 Å². The zero-order valence-corrected chi connectivity index (χ0v) is 14.1. The molecule has 3 aromatic rings. The van der Waals surface area contributed by atoms with Gasteiger partial charge in [-0.05, 0) is 42.5 Å². The lowest BCUT2D eigenvalue weighted by Crippen LogP contribution is -2.37. The lowest BCUT2D eigenvalue weighted by molar-refractivity contribution is 0.0726. The first-order valence-electron chi connectivity index (χ1n) is 8.51. The Kier molecular flexibility index (Phi) is 3.60. The highest BCUT2D eigenvalue weighted by molar-refractivity contribution is 5.95. The Labute approximate surface area is 141 Å². The molecule has 24 heavy (non-hydrogen) atoms. The first-order valence-corrected chi connectivity index (χ1v) is 8.51. The Morgan fingerprint density at radius 1 is 1.17 bits per heavy atom. The van der Waals surface area contributed by atoms with Gasteiger partial charge in [0, 0.05) is 19.3 Å². The molecule has 4 rings (SSSR count). The van der Waals surface area contributed by atoms with E-state index in [9.17, 15) is 4.79 Å². The van der Waals surface area contributed by atoms with Gasteiger partial charge in [0.05, 0.1) is 5.69 Å². The topological polar surface area (TPSA) is 37.6 Å². The van der Waals surface area contributed by atoms with E-state index < -0.39 is 0 Å². The van der Waals surface area contributed by atoms with E-state index in [0.717, 1.165) is 42.0 Å². The van der Waals surface area contributed by atoms with E-state index in [2.05, 4.69) is 25.1 Å². The average Bonchev–Trinajstić information content (AvgIpc) is 3.00. The van der Waals surface area contributed by atoms with Crippen LogP contribution in [0, 0.1) is 6.92 Å². The van der Waals surface area contributed by atoms with Crippen molar-refractivity contribution in [3.63, 3.8) is 0 Å². The molecule has 122 valence electrons. The third kappa shape index (κ3) is 2.30. The summed E-state index contributed by atoms with van der Waals surface area (Å²) in [6.07, 6.45) is 3.62. The summed E-state index contributed by atoms with van der Waals surface area (Å²) in [5.41, 5.74) is 6.18. The number of nitrogens with zero attached hydrogens (tertiary/aromatic N) is 3. The van der Waals surface area contributed by atoms with Crippen molar-refractivity contribution >= 4 is 11.6 Å². The molecule has 4 heteroatoms. The summed E-state index contributed by atoms with van der Waals surface area (Å²) in [5.74, 6) is 0.0828. The number of hydrogen-bond donors (Lipinski definition) is 0. The standard InChI is InChI=1S/C20H21N3O/c1-3-17-18(23-11-6-7-14(2)19(23)21-17)20(24)22-12-10-15-8-4-5-9-16(15)13-22/h4-9,11H,3,10,12-13H2,1-2H3. The van der Waals surface area contributed by atoms with Gasteiger partial charge in [0.25, 0.3) is 5.91 Å². The van der Waals surface area contributed by atoms with Gasteiger partial charge < -0.3 is 4.90 Å². The van der Waals surface area contributed by atoms with Gasteiger partial charge in [0.1, 0.15) is 11.3 Å². The molecular weight excluding hydrogens is 298 g/mol. The number of hydrogen-bond acceptors (Lipinski definition) is 2. The van der Waals surface area contributed by atoms with Crippen LogP contribution in [0.4, 0.5) is 0 Å². The Balaban J connectivity index is 1.75. The van der Waals surface area contributed by atoms with E-state index in [1.165, 1.54) is 11.1 Å². The fourth-order valence-corrected chi connectivity index (χ4v) is 3.54. The van der Waals surface area contributed by atoms with E-state index in [-0.39, 0.29) is 5.91 Å². The number of benzene rings is 1. The molecule has 0 unspecified atom stereocenters. The number of aryl methyl sites for hydroxylation is 2. The molecule has 0 N–H and O–H groups in total. The van der Waals surface area contributed by atoms with Crippen LogP contribution in [0.2, 0.25) is 0 Å². The largest absolute Gasteiger partial charge is 0.333 e. The van der Waals surface area contributed by atoms with Crippen LogP contribution in [-0.4, -0.2) is 26.7 Å². The molecule has 1 aliphatic heterocycles. The molecule has 0 atom stereocenters. The van der Waals surface area contributed by atoms with Gasteiger partial charge in [0.2, 0.25) is 0 Å². The molecule has 3 heterocycles. The van der Waals surface area contributed by atoms with Crippen molar-refractivity contribution in [2.24, 2.45) is 0 Å². The Morgan fingerprint density at radius 3 is 2.75 bits per heavy atom. The predicted molar refractivity (Wildman–Crippen MR) is 94.2 cm³/mol. The van der Waals surface area contributed by atoms with Crippen LogP contribution in [0.15, 0.2) is 42.6 Å². The summed E-state index contributed by atoms with van der Waals surface area (Å²) < 4.78 is 1.96. The van der Waals surface area contributed by atoms with E-state index in [1.54, 1.807) is 0 Å². The first kappa shape index (κ1) is 14.9. The van der Waals surface area contributed by atoms with Crippen LogP contribution in [0.1, 0.15) is 39.8 Å². The second-order valence-electron chi connectivity index (χ2n) is 6.39. The zero-order chi connectivity index (χ0) is 16.7. The minimum Gasteiger partial charge on any atom is -0.333 e. The highest BCUT2D eigenvalue weighted by atomic mass is 16.2. The summed E-state index contributed by atoms with van der Waals surface area (Å²) in [6, 6.07) is 12.4. The maximum Gasteiger partial charge on any atom is 0.273 e. The van der Waals surface area contributed by atoms with Gasteiger partial charge in [-0.1, -0.05) is 37.3 Å². The molecule has 0 saturated heterocycles. The number of fused-ring (bicyclic) bond motifs is 2. The van der Waals surface area contributed by atoms with Crippen LogP contribution >= 0.6 is 0 Å². The van der Waals surface area contributed by atoms with Crippen molar-refractivity contribution in [1.82, 2.24) is 14.3 Å². The molecule has 1 amide bonds. The number of amides is 1. The van der Waals surface area contributed by atoms with Gasteiger partial charge in [-0.2, -0.15) is 0 Å². The second-order valence-corrected chi connectivity index (χ2v) is 6.39. The third-order valence-electron chi connectivity index (χ3n) is 4.87. The number of rotatable bonds is 2. The molecule has 0 spiro atoms. The van der Waals surface area contributed by atoms with Crippen molar-refractivity contribution in [1.29, 1.82) is 0 Å². The maximum atomic E-state index is 13.2. The van der Waals surface area contributed by atoms with Crippen molar-refractivity contribution in [2.75, 3.05) is 6.54 Å². The number of carbonyl (C=O) groups excluding carboxylic acids is 1. The summed E-state index contributed by atoms with van der Waals surface area (Å²) in [5, 5.41) is 0. The quantitative estimate of drug-likeness (QED) is 0.726. The normalized spacial score (nSPS) is 14.0. The summed E-state index contributed by atoms with van der Waals surface area (Å²) in [4.78, 5) is 19.9. The number of carbonyl (C=O) groups is 1. The SMILES string of the molecule is CCc1nc2c(C)cccn2c1C(=O)N1CCc2ccccc2C1. The van der Waals surface area contributed by atoms with Crippen molar-refractivity contribution in [3.8, 4) is 0 Å². The van der Waals surface area contributed by atoms with Crippen LogP contribution in [0.5, 0.6) is 0 Å². The van der Waals surface area contributed by atoms with Crippen molar-refractivity contribution in [3.05, 3.63) is 70.7 Å². The lowest BCUT2D eigenvalue weighted by Gasteiger charge is -2.29. The Morgan fingerprint density at radius 2 is 1.96 bits per heavy atom. The minimum absolute atomic E-state index is 0.0828. The Hall–Kier alpha value is -2.62. The molecule has 0 bridgehead atoms. The zero-order valence-electron chi connectivity index (χ0n) is 14.1. The highest BCUT2D eigenvalue weighted by Crippen LogP contribution is 2.23. The number of aromatic nitrogens is 2. The molecule has 0 saturated carbocycles. The summed E-state index contributed by atoms with van der Waals surface area (Å²) in [7, 11) is 0. The monoisotopic (exact) mass is 319 g/mol. The molecule has 0 aliphatic carbocycles. The van der Waals surface area contributed by atoms with Crippen molar-refractivity contribution < 1.29 is 4.79 Å². The molecule has 2 aromatic heterocycles. The lowest BCUT2D eigenvalue weighted by atomic mass is 9.99. The number of imidazole rings is 1. The van der Waals surface area contributed by atoms with Gasteiger partial charge >= 0.3 is 0 Å². The number of pyridine rings is 1. The predicted octanol–water partition coefficient (Wildman–Crippen LogP) is 3.40. The minimum atomic E-state index is 0.0828. The Bertz CT molecular complexity index is 926. The van der Waals surface area contributed by atoms with Gasteiger partial charge in [-0.3, -0.25) is 9.20 Å². The van der Waals surface area contributed by atoms with Crippen LogP contribution in [0.25, 0.3) is 5.65 Å². The fraction of sp³-hybridized carbons (Fsp3) is 0.300. The average molecular weight is 319 g/mol. The van der Waals surface area contributed by atoms with E-state index in [4.69, 9.17) is 4.98 Å². The van der Waals surface area contributed by atoms with Crippen LogP contribution < -0.4 is 0 Å². The molecule has 0 radical (unpaired) electrons.